The van der Waals surface area contributed by atoms with Crippen molar-refractivity contribution in [2.75, 3.05) is 5.32 Å². The lowest BCUT2D eigenvalue weighted by atomic mass is 10.1. The summed E-state index contributed by atoms with van der Waals surface area (Å²) in [4.78, 5) is 23.4. The Morgan fingerprint density at radius 1 is 0.960 bits per heavy atom. The van der Waals surface area contributed by atoms with Gasteiger partial charge in [0.2, 0.25) is 0 Å². The summed E-state index contributed by atoms with van der Waals surface area (Å²) in [6, 6.07) is 11.0. The van der Waals surface area contributed by atoms with E-state index in [-0.39, 0.29) is 16.8 Å². The Morgan fingerprint density at radius 3 is 2.32 bits per heavy atom. The molecule has 3 rings (SSSR count). The van der Waals surface area contributed by atoms with E-state index in [0.717, 1.165) is 18.2 Å². The number of primary amides is 1. The molecule has 0 spiro atoms. The Labute approximate surface area is 141 Å². The van der Waals surface area contributed by atoms with E-state index in [4.69, 9.17) is 5.73 Å². The van der Waals surface area contributed by atoms with Gasteiger partial charge in [-0.15, -0.1) is 0 Å². The van der Waals surface area contributed by atoms with Crippen LogP contribution in [0.3, 0.4) is 0 Å². The average Bonchev–Trinajstić information content (AvgIpc) is 3.10. The molecule has 2 amide bonds. The summed E-state index contributed by atoms with van der Waals surface area (Å²) in [5.74, 6) is -2.90. The minimum absolute atomic E-state index is 0.0818. The maximum absolute atomic E-state index is 14.2. The molecule has 25 heavy (non-hydrogen) atoms. The molecule has 5 nitrogen and oxygen atoms in total. The van der Waals surface area contributed by atoms with Gasteiger partial charge in [-0.05, 0) is 48.5 Å². The van der Waals surface area contributed by atoms with E-state index in [1.165, 1.54) is 18.2 Å². The second-order valence-electron chi connectivity index (χ2n) is 5.27. The summed E-state index contributed by atoms with van der Waals surface area (Å²) in [5, 5.41) is 2.48. The minimum atomic E-state index is -0.948. The number of aromatic nitrogens is 1. The van der Waals surface area contributed by atoms with Gasteiger partial charge in [-0.3, -0.25) is 9.59 Å². The predicted octanol–water partition coefficient (Wildman–Crippen LogP) is 3.11. The number of nitrogens with zero attached hydrogens (tertiary/aromatic N) is 1. The highest BCUT2D eigenvalue weighted by Crippen LogP contribution is 2.18. The molecule has 3 aromatic rings. The summed E-state index contributed by atoms with van der Waals surface area (Å²) in [5.41, 5.74) is 5.29. The highest BCUT2D eigenvalue weighted by Gasteiger charge is 2.13. The molecule has 0 radical (unpaired) electrons. The van der Waals surface area contributed by atoms with Gasteiger partial charge in [-0.2, -0.15) is 0 Å². The molecule has 0 atom stereocenters. The van der Waals surface area contributed by atoms with Gasteiger partial charge < -0.3 is 15.6 Å². The van der Waals surface area contributed by atoms with Crippen LogP contribution in [0.1, 0.15) is 20.7 Å². The number of hydrogen-bond acceptors (Lipinski definition) is 2. The van der Waals surface area contributed by atoms with Crippen LogP contribution < -0.4 is 11.1 Å². The highest BCUT2D eigenvalue weighted by atomic mass is 19.1. The normalized spacial score (nSPS) is 10.5. The number of rotatable bonds is 4. The highest BCUT2D eigenvalue weighted by molar-refractivity contribution is 6.05. The standard InChI is InChI=1S/C18H13F2N3O2/c19-14-5-4-12(10-13(14)17(21)24)22-18(25)11-3-6-16(15(20)9-11)23-7-1-2-8-23/h1-10H,(H2,21,24)(H,22,25). The Kier molecular flexibility index (Phi) is 4.30. The van der Waals surface area contributed by atoms with Crippen molar-refractivity contribution in [2.24, 2.45) is 5.73 Å². The van der Waals surface area contributed by atoms with Gasteiger partial charge in [-0.25, -0.2) is 8.78 Å². The SMILES string of the molecule is NC(=O)c1cc(NC(=O)c2ccc(-n3cccc3)c(F)c2)ccc1F. The third-order valence-corrected chi connectivity index (χ3v) is 3.58. The minimum Gasteiger partial charge on any atom is -0.366 e. The van der Waals surface area contributed by atoms with E-state index < -0.39 is 23.4 Å². The molecule has 3 N–H and O–H groups in total. The lowest BCUT2D eigenvalue weighted by Crippen LogP contribution is -2.16. The molecular formula is C18H13F2N3O2. The molecule has 0 aliphatic carbocycles. The monoisotopic (exact) mass is 341 g/mol. The summed E-state index contributed by atoms with van der Waals surface area (Å²) in [6.07, 6.45) is 3.37. The number of carbonyl (C=O) groups is 2. The maximum atomic E-state index is 14.2. The molecule has 7 heteroatoms. The fourth-order valence-corrected chi connectivity index (χ4v) is 2.35. The Bertz CT molecular complexity index is 953. The third-order valence-electron chi connectivity index (χ3n) is 3.58. The van der Waals surface area contributed by atoms with Crippen molar-refractivity contribution in [1.29, 1.82) is 0 Å². The van der Waals surface area contributed by atoms with Crippen LogP contribution in [0.2, 0.25) is 0 Å². The van der Waals surface area contributed by atoms with Gasteiger partial charge in [0.1, 0.15) is 11.6 Å². The van der Waals surface area contributed by atoms with Crippen LogP contribution in [-0.2, 0) is 0 Å². The predicted molar refractivity (Wildman–Crippen MR) is 88.6 cm³/mol. The van der Waals surface area contributed by atoms with E-state index in [0.29, 0.717) is 5.69 Å². The van der Waals surface area contributed by atoms with Crippen molar-refractivity contribution < 1.29 is 18.4 Å². The van der Waals surface area contributed by atoms with Gasteiger partial charge in [0.05, 0.1) is 11.3 Å². The lowest BCUT2D eigenvalue weighted by Gasteiger charge is -2.09. The first-order valence-corrected chi connectivity index (χ1v) is 7.29. The molecule has 126 valence electrons. The number of amides is 2. The van der Waals surface area contributed by atoms with E-state index >= 15 is 0 Å². The van der Waals surface area contributed by atoms with Crippen LogP contribution in [0.4, 0.5) is 14.5 Å². The Hall–Kier alpha value is -3.48. The van der Waals surface area contributed by atoms with Crippen LogP contribution in [0, 0.1) is 11.6 Å². The fraction of sp³-hybridized carbons (Fsp3) is 0. The zero-order valence-electron chi connectivity index (χ0n) is 12.9. The van der Waals surface area contributed by atoms with Crippen molar-refractivity contribution >= 4 is 17.5 Å². The van der Waals surface area contributed by atoms with Gasteiger partial charge in [-0.1, -0.05) is 0 Å². The summed E-state index contributed by atoms with van der Waals surface area (Å²) < 4.78 is 29.3. The molecule has 0 aliphatic heterocycles. The van der Waals surface area contributed by atoms with Crippen LogP contribution in [-0.4, -0.2) is 16.4 Å². The number of benzene rings is 2. The van der Waals surface area contributed by atoms with Crippen molar-refractivity contribution in [3.63, 3.8) is 0 Å². The maximum Gasteiger partial charge on any atom is 0.255 e. The second kappa shape index (κ2) is 6.56. The molecule has 0 saturated heterocycles. The average molecular weight is 341 g/mol. The van der Waals surface area contributed by atoms with Crippen LogP contribution in [0.15, 0.2) is 60.9 Å². The molecule has 1 aromatic heterocycles. The van der Waals surface area contributed by atoms with Gasteiger partial charge in [0.15, 0.2) is 0 Å². The topological polar surface area (TPSA) is 77.1 Å². The number of nitrogens with one attached hydrogen (secondary N) is 1. The number of halogens is 2. The Balaban J connectivity index is 1.83. The molecule has 2 aromatic carbocycles. The largest absolute Gasteiger partial charge is 0.366 e. The van der Waals surface area contributed by atoms with Crippen molar-refractivity contribution in [2.45, 2.75) is 0 Å². The molecule has 1 heterocycles. The second-order valence-corrected chi connectivity index (χ2v) is 5.27. The number of nitrogens with two attached hydrogens (primary N) is 1. The van der Waals surface area contributed by atoms with E-state index in [9.17, 15) is 18.4 Å². The van der Waals surface area contributed by atoms with Crippen molar-refractivity contribution in [1.82, 2.24) is 4.57 Å². The number of carbonyl (C=O) groups excluding carboxylic acids is 2. The van der Waals surface area contributed by atoms with Gasteiger partial charge in [0, 0.05) is 23.6 Å². The first-order valence-electron chi connectivity index (χ1n) is 7.29. The van der Waals surface area contributed by atoms with Crippen LogP contribution in [0.5, 0.6) is 0 Å². The van der Waals surface area contributed by atoms with E-state index in [1.807, 2.05) is 0 Å². The fourth-order valence-electron chi connectivity index (χ4n) is 2.35. The smallest absolute Gasteiger partial charge is 0.255 e. The summed E-state index contributed by atoms with van der Waals surface area (Å²) in [7, 11) is 0. The molecule has 0 bridgehead atoms. The lowest BCUT2D eigenvalue weighted by molar-refractivity contribution is 0.0992. The zero-order chi connectivity index (χ0) is 18.0. The molecule has 0 unspecified atom stereocenters. The Morgan fingerprint density at radius 2 is 1.68 bits per heavy atom. The molecule has 0 saturated carbocycles. The van der Waals surface area contributed by atoms with E-state index in [2.05, 4.69) is 5.32 Å². The van der Waals surface area contributed by atoms with Gasteiger partial charge >= 0.3 is 0 Å². The van der Waals surface area contributed by atoms with Crippen LogP contribution in [0.25, 0.3) is 5.69 Å². The zero-order valence-corrected chi connectivity index (χ0v) is 12.9. The molecule has 0 fully saturated rings. The summed E-state index contributed by atoms with van der Waals surface area (Å²) in [6.45, 7) is 0. The molecule has 0 aliphatic rings. The van der Waals surface area contributed by atoms with Crippen molar-refractivity contribution in [3.8, 4) is 5.69 Å². The number of anilines is 1. The summed E-state index contributed by atoms with van der Waals surface area (Å²) >= 11 is 0. The van der Waals surface area contributed by atoms with E-state index in [1.54, 1.807) is 29.1 Å². The number of hydrogen-bond donors (Lipinski definition) is 2. The van der Waals surface area contributed by atoms with Crippen LogP contribution >= 0.6 is 0 Å². The van der Waals surface area contributed by atoms with Crippen molar-refractivity contribution in [3.05, 3.63) is 83.7 Å². The van der Waals surface area contributed by atoms with Gasteiger partial charge in [0.25, 0.3) is 11.8 Å². The quantitative estimate of drug-likeness (QED) is 0.765. The third kappa shape index (κ3) is 3.40. The first kappa shape index (κ1) is 16.4. The molecular weight excluding hydrogens is 328 g/mol. The first-order chi connectivity index (χ1) is 12.0.